The minimum absolute atomic E-state index is 0.0520. The van der Waals surface area contributed by atoms with Gasteiger partial charge in [-0.15, -0.1) is 0 Å². The van der Waals surface area contributed by atoms with Crippen LogP contribution in [0.25, 0.3) is 0 Å². The third kappa shape index (κ3) is 4.45. The van der Waals surface area contributed by atoms with Crippen molar-refractivity contribution in [3.63, 3.8) is 0 Å². The molecule has 1 amide bonds. The molecule has 6 nitrogen and oxygen atoms in total. The Labute approximate surface area is 158 Å². The number of rotatable bonds is 5. The highest BCUT2D eigenvalue weighted by Crippen LogP contribution is 2.27. The van der Waals surface area contributed by atoms with E-state index in [9.17, 15) is 9.59 Å². The Kier molecular flexibility index (Phi) is 5.74. The molecule has 6 heteroatoms. The van der Waals surface area contributed by atoms with Crippen molar-refractivity contribution < 1.29 is 19.4 Å². The van der Waals surface area contributed by atoms with E-state index in [2.05, 4.69) is 4.98 Å². The number of likely N-dealkylation sites (tertiary alicyclic amines) is 1. The van der Waals surface area contributed by atoms with Crippen molar-refractivity contribution in [3.05, 3.63) is 58.9 Å². The largest absolute Gasteiger partial charge is 0.488 e. The second kappa shape index (κ2) is 8.20. The van der Waals surface area contributed by atoms with E-state index in [-0.39, 0.29) is 11.8 Å². The summed E-state index contributed by atoms with van der Waals surface area (Å²) in [5.41, 5.74) is 3.41. The summed E-state index contributed by atoms with van der Waals surface area (Å²) in [5.74, 6) is -0.395. The molecule has 1 aromatic carbocycles. The predicted molar refractivity (Wildman–Crippen MR) is 101 cm³/mol. The van der Waals surface area contributed by atoms with E-state index < -0.39 is 5.97 Å². The van der Waals surface area contributed by atoms with Gasteiger partial charge in [0.2, 0.25) is 0 Å². The lowest BCUT2D eigenvalue weighted by Gasteiger charge is -2.30. The SMILES string of the molecule is Cc1cc(C(=O)N2CCC(C(=O)O)CC2)cc(C)c1OCc1cccnc1. The fraction of sp³-hybridized carbons (Fsp3) is 0.381. The maximum absolute atomic E-state index is 12.8. The van der Waals surface area contributed by atoms with Gasteiger partial charge in [-0.25, -0.2) is 0 Å². The Balaban J connectivity index is 1.69. The summed E-state index contributed by atoms with van der Waals surface area (Å²) in [4.78, 5) is 29.7. The topological polar surface area (TPSA) is 79.7 Å². The summed E-state index contributed by atoms with van der Waals surface area (Å²) < 4.78 is 5.94. The molecule has 3 rings (SSSR count). The Hall–Kier alpha value is -2.89. The molecule has 0 aliphatic carbocycles. The first-order chi connectivity index (χ1) is 13.0. The number of carboxylic acid groups (broad SMARTS) is 1. The highest BCUT2D eigenvalue weighted by atomic mass is 16.5. The minimum Gasteiger partial charge on any atom is -0.488 e. The number of amides is 1. The maximum Gasteiger partial charge on any atom is 0.306 e. The quantitative estimate of drug-likeness (QED) is 0.877. The number of nitrogens with zero attached hydrogens (tertiary/aromatic N) is 2. The van der Waals surface area contributed by atoms with Crippen molar-refractivity contribution in [2.45, 2.75) is 33.3 Å². The third-order valence-corrected chi connectivity index (χ3v) is 4.94. The monoisotopic (exact) mass is 368 g/mol. The number of carbonyl (C=O) groups is 2. The lowest BCUT2D eigenvalue weighted by atomic mass is 9.96. The van der Waals surface area contributed by atoms with Gasteiger partial charge in [0.15, 0.2) is 0 Å². The molecule has 1 aliphatic rings. The summed E-state index contributed by atoms with van der Waals surface area (Å²) in [6.07, 6.45) is 4.50. The first kappa shape index (κ1) is 18.9. The Bertz CT molecular complexity index is 804. The highest BCUT2D eigenvalue weighted by Gasteiger charge is 2.27. The second-order valence-electron chi connectivity index (χ2n) is 6.99. The van der Waals surface area contributed by atoms with Crippen molar-refractivity contribution in [3.8, 4) is 5.75 Å². The van der Waals surface area contributed by atoms with Gasteiger partial charge < -0.3 is 14.7 Å². The summed E-state index contributed by atoms with van der Waals surface area (Å²) in [6.45, 7) is 5.24. The summed E-state index contributed by atoms with van der Waals surface area (Å²) in [5, 5.41) is 9.10. The van der Waals surface area contributed by atoms with Crippen LogP contribution in [0.4, 0.5) is 0 Å². The average Bonchev–Trinajstić information content (AvgIpc) is 2.67. The molecule has 1 fully saturated rings. The summed E-state index contributed by atoms with van der Waals surface area (Å²) in [6, 6.07) is 7.51. The zero-order valence-corrected chi connectivity index (χ0v) is 15.6. The molecule has 0 saturated carbocycles. The highest BCUT2D eigenvalue weighted by molar-refractivity contribution is 5.95. The lowest BCUT2D eigenvalue weighted by Crippen LogP contribution is -2.40. The van der Waals surface area contributed by atoms with Crippen molar-refractivity contribution >= 4 is 11.9 Å². The predicted octanol–water partition coefficient (Wildman–Crippen LogP) is 3.21. The van der Waals surface area contributed by atoms with Gasteiger partial charge in [0.1, 0.15) is 12.4 Å². The number of aryl methyl sites for hydroxylation is 2. The molecule has 0 bridgehead atoms. The summed E-state index contributed by atoms with van der Waals surface area (Å²) >= 11 is 0. The molecule has 0 spiro atoms. The number of piperidine rings is 1. The van der Waals surface area contributed by atoms with Crippen molar-refractivity contribution in [1.82, 2.24) is 9.88 Å². The zero-order chi connectivity index (χ0) is 19.4. The smallest absolute Gasteiger partial charge is 0.306 e. The molecule has 0 unspecified atom stereocenters. The van der Waals surface area contributed by atoms with E-state index in [1.807, 2.05) is 38.1 Å². The van der Waals surface area contributed by atoms with E-state index in [1.54, 1.807) is 17.3 Å². The van der Waals surface area contributed by atoms with Crippen LogP contribution in [0.1, 0.15) is 39.9 Å². The average molecular weight is 368 g/mol. The van der Waals surface area contributed by atoms with Crippen molar-refractivity contribution in [1.29, 1.82) is 0 Å². The molecule has 1 aliphatic heterocycles. The normalized spacial score (nSPS) is 14.8. The standard InChI is InChI=1S/C21H24N2O4/c1-14-10-18(20(24)23-8-5-17(6-9-23)21(25)26)11-15(2)19(14)27-13-16-4-3-7-22-12-16/h3-4,7,10-12,17H,5-6,8-9,13H2,1-2H3,(H,25,26). The van der Waals surface area contributed by atoms with Crippen LogP contribution in [-0.4, -0.2) is 40.0 Å². The van der Waals surface area contributed by atoms with Crippen LogP contribution in [0.5, 0.6) is 5.75 Å². The Morgan fingerprint density at radius 2 is 1.89 bits per heavy atom. The molecule has 2 heterocycles. The van der Waals surface area contributed by atoms with Gasteiger partial charge in [0, 0.05) is 36.6 Å². The number of hydrogen-bond acceptors (Lipinski definition) is 4. The summed E-state index contributed by atoms with van der Waals surface area (Å²) in [7, 11) is 0. The number of carboxylic acids is 1. The van der Waals surface area contributed by atoms with Crippen molar-refractivity contribution in [2.75, 3.05) is 13.1 Å². The van der Waals surface area contributed by atoms with E-state index in [0.29, 0.717) is 38.1 Å². The van der Waals surface area contributed by atoms with Crippen LogP contribution in [0.15, 0.2) is 36.7 Å². The van der Waals surface area contributed by atoms with E-state index in [0.717, 1.165) is 22.4 Å². The number of pyridine rings is 1. The molecule has 1 N–H and O–H groups in total. The minimum atomic E-state index is -0.774. The van der Waals surface area contributed by atoms with Crippen LogP contribution < -0.4 is 4.74 Å². The Morgan fingerprint density at radius 3 is 2.44 bits per heavy atom. The lowest BCUT2D eigenvalue weighted by molar-refractivity contribution is -0.143. The van der Waals surface area contributed by atoms with Crippen LogP contribution in [-0.2, 0) is 11.4 Å². The van der Waals surface area contributed by atoms with Crippen LogP contribution >= 0.6 is 0 Å². The second-order valence-corrected chi connectivity index (χ2v) is 6.99. The molecule has 1 aromatic heterocycles. The van der Waals surface area contributed by atoms with Gasteiger partial charge in [-0.2, -0.15) is 0 Å². The van der Waals surface area contributed by atoms with Gasteiger partial charge >= 0.3 is 5.97 Å². The maximum atomic E-state index is 12.8. The van der Waals surface area contributed by atoms with E-state index in [4.69, 9.17) is 9.84 Å². The van der Waals surface area contributed by atoms with Gasteiger partial charge in [-0.05, 0) is 56.0 Å². The fourth-order valence-corrected chi connectivity index (χ4v) is 3.45. The van der Waals surface area contributed by atoms with Crippen LogP contribution in [0.3, 0.4) is 0 Å². The molecule has 142 valence electrons. The molecule has 27 heavy (non-hydrogen) atoms. The van der Waals surface area contributed by atoms with Gasteiger partial charge in [0.25, 0.3) is 5.91 Å². The van der Waals surface area contributed by atoms with Gasteiger partial charge in [-0.3, -0.25) is 14.6 Å². The van der Waals surface area contributed by atoms with Gasteiger partial charge in [0.05, 0.1) is 5.92 Å². The number of aliphatic carboxylic acids is 1. The number of hydrogen-bond donors (Lipinski definition) is 1. The third-order valence-electron chi connectivity index (χ3n) is 4.94. The molecule has 2 aromatic rings. The first-order valence-electron chi connectivity index (χ1n) is 9.10. The molecule has 0 atom stereocenters. The molecule has 0 radical (unpaired) electrons. The first-order valence-corrected chi connectivity index (χ1v) is 9.10. The number of carbonyl (C=O) groups excluding carboxylic acids is 1. The number of aromatic nitrogens is 1. The van der Waals surface area contributed by atoms with Crippen LogP contribution in [0.2, 0.25) is 0 Å². The zero-order valence-electron chi connectivity index (χ0n) is 15.6. The molecular weight excluding hydrogens is 344 g/mol. The van der Waals surface area contributed by atoms with Crippen LogP contribution in [0, 0.1) is 19.8 Å². The Morgan fingerprint density at radius 1 is 1.22 bits per heavy atom. The van der Waals surface area contributed by atoms with Crippen molar-refractivity contribution in [2.24, 2.45) is 5.92 Å². The number of ether oxygens (including phenoxy) is 1. The van der Waals surface area contributed by atoms with E-state index >= 15 is 0 Å². The molecular formula is C21H24N2O4. The number of benzene rings is 1. The molecule has 1 saturated heterocycles. The fourth-order valence-electron chi connectivity index (χ4n) is 3.45. The van der Waals surface area contributed by atoms with E-state index in [1.165, 1.54) is 0 Å². The van der Waals surface area contributed by atoms with Gasteiger partial charge in [-0.1, -0.05) is 6.07 Å².